The van der Waals surface area contributed by atoms with E-state index in [9.17, 15) is 13.2 Å². The summed E-state index contributed by atoms with van der Waals surface area (Å²) in [5.41, 5.74) is 5.51. The van der Waals surface area contributed by atoms with Gasteiger partial charge in [0.15, 0.2) is 0 Å². The molecule has 6 nitrogen and oxygen atoms in total. The second-order valence-corrected chi connectivity index (χ2v) is 10.9. The summed E-state index contributed by atoms with van der Waals surface area (Å²) in [6, 6.07) is 11.2. The summed E-state index contributed by atoms with van der Waals surface area (Å²) in [4.78, 5) is 13.0. The quantitative estimate of drug-likeness (QED) is 0.640. The summed E-state index contributed by atoms with van der Waals surface area (Å²) in [6.45, 7) is 2.74. The SMILES string of the molecule is Cc1ccc(S(=O)(=O)N2CCC(NC(=O)Cc3coc4cc5c(cc34)CCC5)CC2)cc1. The van der Waals surface area contributed by atoms with Crippen LogP contribution in [0.25, 0.3) is 11.0 Å². The van der Waals surface area contributed by atoms with E-state index in [2.05, 4.69) is 17.4 Å². The van der Waals surface area contributed by atoms with Crippen molar-refractivity contribution in [1.82, 2.24) is 9.62 Å². The normalized spacial score (nSPS) is 17.5. The second kappa shape index (κ2) is 8.37. The summed E-state index contributed by atoms with van der Waals surface area (Å²) in [5.74, 6) is -0.0481. The Hall–Kier alpha value is -2.64. The third kappa shape index (κ3) is 4.07. The Labute approximate surface area is 188 Å². The Kier molecular flexibility index (Phi) is 5.55. The molecule has 0 unspecified atom stereocenters. The van der Waals surface area contributed by atoms with Crippen molar-refractivity contribution in [3.8, 4) is 0 Å². The fourth-order valence-electron chi connectivity index (χ4n) is 4.84. The van der Waals surface area contributed by atoms with Gasteiger partial charge in [-0.2, -0.15) is 4.31 Å². The van der Waals surface area contributed by atoms with E-state index in [4.69, 9.17) is 4.42 Å². The van der Waals surface area contributed by atoms with Crippen LogP contribution in [-0.2, 0) is 34.1 Å². The number of aryl methyl sites for hydroxylation is 3. The fourth-order valence-corrected chi connectivity index (χ4v) is 6.31. The Bertz CT molecular complexity index is 1250. The number of hydrogen-bond acceptors (Lipinski definition) is 4. The molecule has 0 bridgehead atoms. The van der Waals surface area contributed by atoms with Crippen molar-refractivity contribution in [3.63, 3.8) is 0 Å². The first kappa shape index (κ1) is 21.2. The van der Waals surface area contributed by atoms with Crippen molar-refractivity contribution < 1.29 is 17.6 Å². The average molecular weight is 453 g/mol. The number of nitrogens with one attached hydrogen (secondary N) is 1. The molecular formula is C25H28N2O4S. The predicted octanol–water partition coefficient (Wildman–Crippen LogP) is 3.74. The van der Waals surface area contributed by atoms with E-state index in [1.165, 1.54) is 21.9 Å². The Morgan fingerprint density at radius 3 is 2.50 bits per heavy atom. The van der Waals surface area contributed by atoms with Crippen LogP contribution in [0.4, 0.5) is 0 Å². The van der Waals surface area contributed by atoms with Gasteiger partial charge >= 0.3 is 0 Å². The monoisotopic (exact) mass is 452 g/mol. The molecule has 1 aliphatic carbocycles. The zero-order chi connectivity index (χ0) is 22.3. The maximum atomic E-state index is 12.9. The minimum Gasteiger partial charge on any atom is -0.464 e. The Morgan fingerprint density at radius 1 is 1.09 bits per heavy atom. The topological polar surface area (TPSA) is 79.6 Å². The summed E-state index contributed by atoms with van der Waals surface area (Å²) >= 11 is 0. The number of fused-ring (bicyclic) bond motifs is 2. The maximum absolute atomic E-state index is 12.9. The summed E-state index contributed by atoms with van der Waals surface area (Å²) in [5, 5.41) is 4.12. The molecule has 1 aromatic heterocycles. The van der Waals surface area contributed by atoms with Crippen molar-refractivity contribution in [1.29, 1.82) is 0 Å². The lowest BCUT2D eigenvalue weighted by atomic mass is 10.0. The van der Waals surface area contributed by atoms with E-state index >= 15 is 0 Å². The van der Waals surface area contributed by atoms with E-state index in [1.807, 2.05) is 19.1 Å². The number of nitrogens with zero attached hydrogens (tertiary/aromatic N) is 1. The molecule has 0 atom stereocenters. The molecule has 1 fully saturated rings. The van der Waals surface area contributed by atoms with Crippen LogP contribution < -0.4 is 5.32 Å². The van der Waals surface area contributed by atoms with Gasteiger partial charge in [-0.3, -0.25) is 4.79 Å². The summed E-state index contributed by atoms with van der Waals surface area (Å²) in [6.07, 6.45) is 6.54. The van der Waals surface area contributed by atoms with Gasteiger partial charge in [-0.15, -0.1) is 0 Å². The third-order valence-corrected chi connectivity index (χ3v) is 8.61. The molecule has 1 aliphatic heterocycles. The second-order valence-electron chi connectivity index (χ2n) is 8.97. The molecular weight excluding hydrogens is 424 g/mol. The Balaban J connectivity index is 1.19. The van der Waals surface area contributed by atoms with Crippen LogP contribution in [-0.4, -0.2) is 37.8 Å². The zero-order valence-electron chi connectivity index (χ0n) is 18.3. The van der Waals surface area contributed by atoms with Gasteiger partial charge in [-0.05, 0) is 74.4 Å². The number of piperidine rings is 1. The molecule has 168 valence electrons. The van der Waals surface area contributed by atoms with E-state index in [0.717, 1.165) is 34.9 Å². The predicted molar refractivity (Wildman–Crippen MR) is 123 cm³/mol. The summed E-state index contributed by atoms with van der Waals surface area (Å²) in [7, 11) is -3.49. The number of sulfonamides is 1. The molecule has 0 spiro atoms. The largest absolute Gasteiger partial charge is 0.464 e. The average Bonchev–Trinajstić information content (AvgIpc) is 3.39. The molecule has 5 rings (SSSR count). The molecule has 7 heteroatoms. The lowest BCUT2D eigenvalue weighted by molar-refractivity contribution is -0.121. The molecule has 1 saturated heterocycles. The van der Waals surface area contributed by atoms with Crippen molar-refractivity contribution in [2.45, 2.75) is 56.4 Å². The van der Waals surface area contributed by atoms with Crippen LogP contribution in [0.15, 0.2) is 52.0 Å². The molecule has 0 saturated carbocycles. The van der Waals surface area contributed by atoms with Gasteiger partial charge < -0.3 is 9.73 Å². The standard InChI is InChI=1S/C25H28N2O4S/c1-17-5-7-22(8-6-17)32(29,30)27-11-9-21(10-12-27)26-25(28)15-20-16-31-24-14-19-4-2-3-18(19)13-23(20)24/h5-8,13-14,16,21H,2-4,9-12,15H2,1H3,(H,26,28). The van der Waals surface area contributed by atoms with Crippen LogP contribution in [0.5, 0.6) is 0 Å². The van der Waals surface area contributed by atoms with Gasteiger partial charge in [-0.25, -0.2) is 8.42 Å². The number of hydrogen-bond donors (Lipinski definition) is 1. The number of carbonyl (C=O) groups is 1. The first-order chi connectivity index (χ1) is 15.4. The van der Waals surface area contributed by atoms with Gasteiger partial charge in [0.25, 0.3) is 0 Å². The molecule has 1 N–H and O–H groups in total. The zero-order valence-corrected chi connectivity index (χ0v) is 19.1. The summed E-state index contributed by atoms with van der Waals surface area (Å²) < 4.78 is 33.0. The smallest absolute Gasteiger partial charge is 0.243 e. The maximum Gasteiger partial charge on any atom is 0.243 e. The highest BCUT2D eigenvalue weighted by molar-refractivity contribution is 7.89. The number of benzene rings is 2. The number of amides is 1. The van der Waals surface area contributed by atoms with E-state index in [1.54, 1.807) is 18.4 Å². The highest BCUT2D eigenvalue weighted by Crippen LogP contribution is 2.30. The Morgan fingerprint density at radius 2 is 1.78 bits per heavy atom. The minimum atomic E-state index is -3.49. The molecule has 0 radical (unpaired) electrons. The number of furan rings is 1. The molecule has 2 heterocycles. The van der Waals surface area contributed by atoms with E-state index in [0.29, 0.717) is 30.8 Å². The van der Waals surface area contributed by atoms with Gasteiger partial charge in [0.1, 0.15) is 5.58 Å². The van der Waals surface area contributed by atoms with Crippen molar-refractivity contribution in [2.75, 3.05) is 13.1 Å². The van der Waals surface area contributed by atoms with Gasteiger partial charge in [0, 0.05) is 30.1 Å². The molecule has 3 aromatic rings. The van der Waals surface area contributed by atoms with Crippen LogP contribution in [0.3, 0.4) is 0 Å². The first-order valence-corrected chi connectivity index (χ1v) is 12.7. The number of rotatable bonds is 5. The van der Waals surface area contributed by atoms with Crippen molar-refractivity contribution >= 4 is 26.9 Å². The van der Waals surface area contributed by atoms with Gasteiger partial charge in [0.05, 0.1) is 17.6 Å². The van der Waals surface area contributed by atoms with Gasteiger partial charge in [-0.1, -0.05) is 17.7 Å². The van der Waals surface area contributed by atoms with Crippen LogP contribution in [0, 0.1) is 6.92 Å². The molecule has 2 aromatic carbocycles. The van der Waals surface area contributed by atoms with Crippen LogP contribution >= 0.6 is 0 Å². The van der Waals surface area contributed by atoms with Gasteiger partial charge in [0.2, 0.25) is 15.9 Å². The van der Waals surface area contributed by atoms with Crippen molar-refractivity contribution in [3.05, 3.63) is 64.9 Å². The lowest BCUT2D eigenvalue weighted by Crippen LogP contribution is -2.46. The van der Waals surface area contributed by atoms with E-state index in [-0.39, 0.29) is 18.4 Å². The van der Waals surface area contributed by atoms with Crippen molar-refractivity contribution in [2.24, 2.45) is 0 Å². The minimum absolute atomic E-state index is 0.0191. The molecule has 2 aliphatic rings. The number of carbonyl (C=O) groups excluding carboxylic acids is 1. The fraction of sp³-hybridized carbons (Fsp3) is 0.400. The highest BCUT2D eigenvalue weighted by Gasteiger charge is 2.30. The first-order valence-electron chi connectivity index (χ1n) is 11.3. The third-order valence-electron chi connectivity index (χ3n) is 6.70. The lowest BCUT2D eigenvalue weighted by Gasteiger charge is -2.31. The van der Waals surface area contributed by atoms with Crippen LogP contribution in [0.2, 0.25) is 0 Å². The molecule has 32 heavy (non-hydrogen) atoms. The molecule has 1 amide bonds. The van der Waals surface area contributed by atoms with E-state index < -0.39 is 10.0 Å². The highest BCUT2D eigenvalue weighted by atomic mass is 32.2. The van der Waals surface area contributed by atoms with Crippen LogP contribution in [0.1, 0.15) is 41.5 Å².